The Hall–Kier alpha value is -0.720. The lowest BCUT2D eigenvalue weighted by Gasteiger charge is -1.98. The number of aromatic nitrogens is 1. The number of carbonyl (C=O) groups is 1. The summed E-state index contributed by atoms with van der Waals surface area (Å²) in [7, 11) is 1.24. The molecule has 0 saturated carbocycles. The number of nitrogens with zero attached hydrogens (tertiary/aromatic N) is 1. The maximum absolute atomic E-state index is 12.6. The summed E-state index contributed by atoms with van der Waals surface area (Å²) >= 11 is 1.82. The Morgan fingerprint density at radius 2 is 2.33 bits per heavy atom. The molecule has 3 nitrogen and oxygen atoms in total. The lowest BCUT2D eigenvalue weighted by atomic mass is 10.3. The molecule has 12 heavy (non-hydrogen) atoms. The fraction of sp³-hybridized carbons (Fsp3) is 0.143. The van der Waals surface area contributed by atoms with Gasteiger partial charge in [0.25, 0.3) is 0 Å². The first kappa shape index (κ1) is 9.37. The van der Waals surface area contributed by atoms with Crippen molar-refractivity contribution in [3.8, 4) is 0 Å². The van der Waals surface area contributed by atoms with Crippen LogP contribution in [0.4, 0.5) is 4.39 Å². The summed E-state index contributed by atoms with van der Waals surface area (Å²) in [4.78, 5) is 14.4. The zero-order chi connectivity index (χ0) is 9.14. The number of pyridine rings is 1. The first-order valence-electron chi connectivity index (χ1n) is 3.05. The minimum atomic E-state index is -0.678. The molecule has 0 spiro atoms. The smallest absolute Gasteiger partial charge is 0.338 e. The van der Waals surface area contributed by atoms with Gasteiger partial charge in [-0.2, -0.15) is 4.39 Å². The van der Waals surface area contributed by atoms with Crippen molar-refractivity contribution >= 4 is 28.6 Å². The van der Waals surface area contributed by atoms with E-state index in [1.807, 2.05) is 22.6 Å². The van der Waals surface area contributed by atoms with Crippen molar-refractivity contribution in [3.05, 3.63) is 27.3 Å². The van der Waals surface area contributed by atoms with Gasteiger partial charge >= 0.3 is 5.97 Å². The van der Waals surface area contributed by atoms with Gasteiger partial charge in [0.05, 0.1) is 12.7 Å². The summed E-state index contributed by atoms with van der Waals surface area (Å²) in [5.41, 5.74) is 0.175. The summed E-state index contributed by atoms with van der Waals surface area (Å²) in [6, 6.07) is 2.49. The van der Waals surface area contributed by atoms with Crippen LogP contribution < -0.4 is 0 Å². The number of esters is 1. The van der Waals surface area contributed by atoms with Crippen molar-refractivity contribution in [1.29, 1.82) is 0 Å². The third kappa shape index (κ3) is 2.13. The summed E-state index contributed by atoms with van der Waals surface area (Å²) in [6.45, 7) is 0. The fourth-order valence-corrected chi connectivity index (χ4v) is 1.27. The number of hydrogen-bond donors (Lipinski definition) is 0. The second-order valence-electron chi connectivity index (χ2n) is 1.99. The van der Waals surface area contributed by atoms with Gasteiger partial charge in [-0.25, -0.2) is 9.78 Å². The Morgan fingerprint density at radius 1 is 1.67 bits per heavy atom. The lowest BCUT2D eigenvalue weighted by molar-refractivity contribution is 0.0600. The molecule has 0 saturated heterocycles. The van der Waals surface area contributed by atoms with Gasteiger partial charge in [-0.3, -0.25) is 0 Å². The van der Waals surface area contributed by atoms with Crippen LogP contribution in [0, 0.1) is 9.65 Å². The Balaban J connectivity index is 3.08. The molecule has 1 aromatic rings. The number of methoxy groups -OCH3 is 1. The highest BCUT2D eigenvalue weighted by Gasteiger charge is 2.08. The molecular weight excluding hydrogens is 276 g/mol. The van der Waals surface area contributed by atoms with Gasteiger partial charge in [-0.05, 0) is 28.7 Å². The highest BCUT2D eigenvalue weighted by Crippen LogP contribution is 2.08. The summed E-state index contributed by atoms with van der Waals surface area (Å²) in [6.07, 6.45) is 0. The van der Waals surface area contributed by atoms with E-state index in [4.69, 9.17) is 0 Å². The second-order valence-corrected chi connectivity index (χ2v) is 3.10. The Kier molecular flexibility index (Phi) is 2.96. The molecule has 1 heterocycles. The molecule has 0 aliphatic rings. The molecule has 0 radical (unpaired) electrons. The zero-order valence-corrected chi connectivity index (χ0v) is 8.33. The maximum Gasteiger partial charge on any atom is 0.338 e. The van der Waals surface area contributed by atoms with Crippen molar-refractivity contribution in [2.75, 3.05) is 7.11 Å². The molecule has 5 heteroatoms. The van der Waals surface area contributed by atoms with Crippen LogP contribution in [0.5, 0.6) is 0 Å². The van der Waals surface area contributed by atoms with Crippen molar-refractivity contribution in [3.63, 3.8) is 0 Å². The molecule has 0 unspecified atom stereocenters. The van der Waals surface area contributed by atoms with E-state index in [9.17, 15) is 9.18 Å². The van der Waals surface area contributed by atoms with E-state index >= 15 is 0 Å². The van der Waals surface area contributed by atoms with Gasteiger partial charge in [0.15, 0.2) is 0 Å². The number of halogens is 2. The second kappa shape index (κ2) is 3.79. The summed E-state index contributed by atoms with van der Waals surface area (Å²) < 4.78 is 17.4. The van der Waals surface area contributed by atoms with E-state index in [2.05, 4.69) is 9.72 Å². The summed E-state index contributed by atoms with van der Waals surface area (Å²) in [5.74, 6) is -1.24. The summed E-state index contributed by atoms with van der Waals surface area (Å²) in [5, 5.41) is 0. The Labute approximate surface area is 82.1 Å². The molecule has 64 valence electrons. The van der Waals surface area contributed by atoms with Crippen LogP contribution in [0.1, 0.15) is 10.4 Å². The van der Waals surface area contributed by atoms with E-state index in [0.717, 1.165) is 6.07 Å². The number of ether oxygens (including phenoxy) is 1. The molecule has 0 atom stereocenters. The molecule has 0 aliphatic carbocycles. The quantitative estimate of drug-likeness (QED) is 0.446. The van der Waals surface area contributed by atoms with Gasteiger partial charge in [0, 0.05) is 6.07 Å². The van der Waals surface area contributed by atoms with Gasteiger partial charge < -0.3 is 4.74 Å². The van der Waals surface area contributed by atoms with Crippen molar-refractivity contribution in [1.82, 2.24) is 4.98 Å². The van der Waals surface area contributed by atoms with Crippen LogP contribution in [0.2, 0.25) is 0 Å². The van der Waals surface area contributed by atoms with E-state index in [1.165, 1.54) is 13.2 Å². The first-order chi connectivity index (χ1) is 5.63. The Morgan fingerprint density at radius 3 is 2.83 bits per heavy atom. The minimum absolute atomic E-state index is 0.175. The van der Waals surface area contributed by atoms with E-state index in [1.54, 1.807) is 0 Å². The topological polar surface area (TPSA) is 39.2 Å². The van der Waals surface area contributed by atoms with Crippen LogP contribution in [-0.2, 0) is 4.74 Å². The van der Waals surface area contributed by atoms with Crippen molar-refractivity contribution in [2.45, 2.75) is 0 Å². The third-order valence-electron chi connectivity index (χ3n) is 1.18. The molecule has 1 aromatic heterocycles. The van der Waals surface area contributed by atoms with Crippen LogP contribution in [0.25, 0.3) is 0 Å². The highest BCUT2D eigenvalue weighted by molar-refractivity contribution is 14.1. The predicted molar refractivity (Wildman–Crippen MR) is 48.3 cm³/mol. The van der Waals surface area contributed by atoms with Crippen molar-refractivity contribution < 1.29 is 13.9 Å². The maximum atomic E-state index is 12.6. The number of hydrogen-bond acceptors (Lipinski definition) is 3. The molecule has 0 bridgehead atoms. The molecule has 0 fully saturated rings. The molecule has 0 N–H and O–H groups in total. The van der Waals surface area contributed by atoms with Crippen LogP contribution in [0.3, 0.4) is 0 Å². The lowest BCUT2D eigenvalue weighted by Crippen LogP contribution is -2.03. The van der Waals surface area contributed by atoms with Crippen LogP contribution in [0.15, 0.2) is 12.1 Å². The highest BCUT2D eigenvalue weighted by atomic mass is 127. The monoisotopic (exact) mass is 281 g/mol. The average molecular weight is 281 g/mol. The van der Waals surface area contributed by atoms with Crippen molar-refractivity contribution in [2.24, 2.45) is 0 Å². The van der Waals surface area contributed by atoms with Gasteiger partial charge in [-0.1, -0.05) is 0 Å². The molecule has 0 aliphatic heterocycles. The molecule has 1 rings (SSSR count). The van der Waals surface area contributed by atoms with Gasteiger partial charge in [-0.15, -0.1) is 0 Å². The van der Waals surface area contributed by atoms with Crippen LogP contribution in [-0.4, -0.2) is 18.1 Å². The van der Waals surface area contributed by atoms with E-state index in [-0.39, 0.29) is 5.56 Å². The molecular formula is C7H5FINO2. The average Bonchev–Trinajstić information content (AvgIpc) is 2.01. The fourth-order valence-electron chi connectivity index (χ4n) is 0.701. The minimum Gasteiger partial charge on any atom is -0.465 e. The SMILES string of the molecule is COC(=O)c1cc(F)nc(I)c1. The Bertz CT molecular complexity index is 296. The normalized spacial score (nSPS) is 9.58. The largest absolute Gasteiger partial charge is 0.465 e. The third-order valence-corrected chi connectivity index (χ3v) is 1.74. The van der Waals surface area contributed by atoms with E-state index < -0.39 is 11.9 Å². The standard InChI is InChI=1S/C7H5FINO2/c1-12-7(11)4-2-5(8)10-6(9)3-4/h2-3H,1H3. The molecule has 0 amide bonds. The van der Waals surface area contributed by atoms with Gasteiger partial charge in [0.1, 0.15) is 3.70 Å². The molecule has 0 aromatic carbocycles. The number of carbonyl (C=O) groups excluding carboxylic acids is 1. The zero-order valence-electron chi connectivity index (χ0n) is 6.17. The first-order valence-corrected chi connectivity index (χ1v) is 4.13. The predicted octanol–water partition coefficient (Wildman–Crippen LogP) is 1.61. The van der Waals surface area contributed by atoms with E-state index in [0.29, 0.717) is 3.70 Å². The van der Waals surface area contributed by atoms with Crippen LogP contribution >= 0.6 is 22.6 Å². The number of rotatable bonds is 1. The van der Waals surface area contributed by atoms with Gasteiger partial charge in [0.2, 0.25) is 5.95 Å².